The summed E-state index contributed by atoms with van der Waals surface area (Å²) in [7, 11) is 2.37. The van der Waals surface area contributed by atoms with Crippen molar-refractivity contribution in [1.29, 1.82) is 0 Å². The van der Waals surface area contributed by atoms with Gasteiger partial charge in [0.25, 0.3) is 5.91 Å². The smallest absolute Gasteiger partial charge is 0.341 e. The molecule has 2 N–H and O–H groups in total. The van der Waals surface area contributed by atoms with Gasteiger partial charge in [-0.2, -0.15) is 0 Å². The maximum atomic E-state index is 12.8. The van der Waals surface area contributed by atoms with Gasteiger partial charge in [0.1, 0.15) is 5.00 Å². The van der Waals surface area contributed by atoms with Crippen molar-refractivity contribution in [3.8, 4) is 0 Å². The van der Waals surface area contributed by atoms with Gasteiger partial charge in [0.2, 0.25) is 5.91 Å². The average Bonchev–Trinajstić information content (AvgIpc) is 3.18. The van der Waals surface area contributed by atoms with E-state index in [1.54, 1.807) is 0 Å². The normalized spacial score (nSPS) is 12.2. The standard InChI is InChI=1S/C23H24N2O8S/c1-12(26)24-20-19(16-6-4-5-7-17(16)34-20)23(30)33-11-18(27)25-15-9-13(21(28)31-2)8-14(10-15)22(29)32-3/h8-10H,4-7,11H2,1-3H3,(H,24,26)(H,25,27). The maximum absolute atomic E-state index is 12.8. The van der Waals surface area contributed by atoms with E-state index in [2.05, 4.69) is 20.1 Å². The number of hydrogen-bond acceptors (Lipinski definition) is 9. The minimum absolute atomic E-state index is 0.0301. The molecule has 2 aromatic rings. The van der Waals surface area contributed by atoms with Crippen molar-refractivity contribution in [3.05, 3.63) is 45.3 Å². The highest BCUT2D eigenvalue weighted by atomic mass is 32.1. The molecule has 10 nitrogen and oxygen atoms in total. The lowest BCUT2D eigenvalue weighted by Gasteiger charge is -2.13. The molecular formula is C23H24N2O8S. The second-order valence-electron chi connectivity index (χ2n) is 7.50. The lowest BCUT2D eigenvalue weighted by atomic mass is 9.95. The van der Waals surface area contributed by atoms with Crippen molar-refractivity contribution < 1.29 is 38.2 Å². The molecule has 0 atom stereocenters. The number of esters is 3. The van der Waals surface area contributed by atoms with E-state index in [9.17, 15) is 24.0 Å². The molecule has 0 saturated heterocycles. The summed E-state index contributed by atoms with van der Waals surface area (Å²) in [4.78, 5) is 61.7. The molecule has 0 bridgehead atoms. The van der Waals surface area contributed by atoms with Crippen LogP contribution in [0.5, 0.6) is 0 Å². The zero-order valence-electron chi connectivity index (χ0n) is 18.9. The van der Waals surface area contributed by atoms with Gasteiger partial charge in [0.15, 0.2) is 6.61 Å². The van der Waals surface area contributed by atoms with Gasteiger partial charge in [-0.25, -0.2) is 14.4 Å². The number of hydrogen-bond donors (Lipinski definition) is 2. The first kappa shape index (κ1) is 24.9. The average molecular weight is 489 g/mol. The molecule has 180 valence electrons. The van der Waals surface area contributed by atoms with E-state index >= 15 is 0 Å². The molecule has 0 unspecified atom stereocenters. The molecule has 0 spiro atoms. The highest BCUT2D eigenvalue weighted by Gasteiger charge is 2.27. The van der Waals surface area contributed by atoms with Crippen LogP contribution in [0, 0.1) is 0 Å². The highest BCUT2D eigenvalue weighted by molar-refractivity contribution is 7.17. The molecule has 1 aliphatic rings. The topological polar surface area (TPSA) is 137 Å². The van der Waals surface area contributed by atoms with Crippen molar-refractivity contribution in [3.63, 3.8) is 0 Å². The molecule has 1 heterocycles. The number of fused-ring (bicyclic) bond motifs is 1. The fraction of sp³-hybridized carbons (Fsp3) is 0.348. The number of ether oxygens (including phenoxy) is 3. The number of carbonyl (C=O) groups excluding carboxylic acids is 5. The van der Waals surface area contributed by atoms with Gasteiger partial charge >= 0.3 is 17.9 Å². The minimum Gasteiger partial charge on any atom is -0.465 e. The number of methoxy groups -OCH3 is 2. The predicted molar refractivity (Wildman–Crippen MR) is 123 cm³/mol. The van der Waals surface area contributed by atoms with Crippen molar-refractivity contribution >= 4 is 51.7 Å². The number of carbonyl (C=O) groups is 5. The van der Waals surface area contributed by atoms with Crippen LogP contribution in [0.15, 0.2) is 18.2 Å². The minimum atomic E-state index is -0.711. The van der Waals surface area contributed by atoms with E-state index in [0.29, 0.717) is 11.4 Å². The van der Waals surface area contributed by atoms with Crippen LogP contribution in [0.2, 0.25) is 0 Å². The monoisotopic (exact) mass is 488 g/mol. The first-order valence-electron chi connectivity index (χ1n) is 10.4. The number of anilines is 2. The van der Waals surface area contributed by atoms with Crippen LogP contribution in [0.4, 0.5) is 10.7 Å². The summed E-state index contributed by atoms with van der Waals surface area (Å²) in [6, 6.07) is 3.92. The Kier molecular flexibility index (Phi) is 8.00. The summed E-state index contributed by atoms with van der Waals surface area (Å²) in [5.41, 5.74) is 1.31. The molecule has 1 aromatic carbocycles. The Balaban J connectivity index is 1.74. The Labute approximate surface area is 199 Å². The molecule has 0 aliphatic heterocycles. The summed E-state index contributed by atoms with van der Waals surface area (Å²) < 4.78 is 14.6. The van der Waals surface area contributed by atoms with Gasteiger partial charge in [0.05, 0.1) is 30.9 Å². The van der Waals surface area contributed by atoms with E-state index in [1.807, 2.05) is 0 Å². The molecule has 1 aromatic heterocycles. The van der Waals surface area contributed by atoms with Crippen molar-refractivity contribution in [2.45, 2.75) is 32.6 Å². The van der Waals surface area contributed by atoms with Gasteiger partial charge < -0.3 is 24.8 Å². The maximum Gasteiger partial charge on any atom is 0.341 e. The molecule has 0 fully saturated rings. The number of aryl methyl sites for hydroxylation is 1. The summed E-state index contributed by atoms with van der Waals surface area (Å²) in [5, 5.41) is 5.58. The van der Waals surface area contributed by atoms with Crippen LogP contribution in [0.3, 0.4) is 0 Å². The van der Waals surface area contributed by atoms with Crippen molar-refractivity contribution in [2.75, 3.05) is 31.5 Å². The van der Waals surface area contributed by atoms with Crippen LogP contribution in [-0.2, 0) is 36.6 Å². The first-order valence-corrected chi connectivity index (χ1v) is 11.3. The molecule has 11 heteroatoms. The van der Waals surface area contributed by atoms with Crippen LogP contribution in [0.25, 0.3) is 0 Å². The molecule has 2 amide bonds. The lowest BCUT2D eigenvalue weighted by Crippen LogP contribution is -2.22. The number of nitrogens with one attached hydrogen (secondary N) is 2. The molecule has 34 heavy (non-hydrogen) atoms. The van der Waals surface area contributed by atoms with E-state index in [-0.39, 0.29) is 28.3 Å². The number of thiophene rings is 1. The van der Waals surface area contributed by atoms with Crippen molar-refractivity contribution in [2.24, 2.45) is 0 Å². The zero-order valence-corrected chi connectivity index (χ0v) is 19.8. The Hall–Kier alpha value is -3.73. The first-order chi connectivity index (χ1) is 16.2. The Bertz CT molecular complexity index is 1120. The van der Waals surface area contributed by atoms with Gasteiger partial charge in [-0.05, 0) is 49.4 Å². The third kappa shape index (κ3) is 5.79. The number of benzene rings is 1. The largest absolute Gasteiger partial charge is 0.465 e. The third-order valence-electron chi connectivity index (χ3n) is 5.06. The van der Waals surface area contributed by atoms with E-state index in [4.69, 9.17) is 4.74 Å². The molecule has 1 aliphatic carbocycles. The summed E-state index contributed by atoms with van der Waals surface area (Å²) in [5.74, 6) is -3.12. The van der Waals surface area contributed by atoms with Crippen LogP contribution >= 0.6 is 11.3 Å². The van der Waals surface area contributed by atoms with Gasteiger partial charge in [-0.3, -0.25) is 9.59 Å². The second kappa shape index (κ2) is 10.9. The van der Waals surface area contributed by atoms with E-state index in [1.165, 1.54) is 50.7 Å². The third-order valence-corrected chi connectivity index (χ3v) is 6.27. The zero-order chi connectivity index (χ0) is 24.8. The van der Waals surface area contributed by atoms with Crippen LogP contribution in [-0.4, -0.2) is 50.5 Å². The van der Waals surface area contributed by atoms with E-state index < -0.39 is 30.4 Å². The van der Waals surface area contributed by atoms with Crippen molar-refractivity contribution in [1.82, 2.24) is 0 Å². The van der Waals surface area contributed by atoms with Crippen LogP contribution in [0.1, 0.15) is 61.3 Å². The summed E-state index contributed by atoms with van der Waals surface area (Å²) >= 11 is 1.35. The fourth-order valence-corrected chi connectivity index (χ4v) is 4.92. The van der Waals surface area contributed by atoms with E-state index in [0.717, 1.165) is 29.7 Å². The second-order valence-corrected chi connectivity index (χ2v) is 8.61. The predicted octanol–water partition coefficient (Wildman–Crippen LogP) is 2.95. The number of amides is 2. The Morgan fingerprint density at radius 3 is 2.09 bits per heavy atom. The van der Waals surface area contributed by atoms with Gasteiger partial charge in [-0.1, -0.05) is 0 Å². The highest BCUT2D eigenvalue weighted by Crippen LogP contribution is 2.38. The molecule has 3 rings (SSSR count). The van der Waals surface area contributed by atoms with Gasteiger partial charge in [-0.15, -0.1) is 11.3 Å². The quantitative estimate of drug-likeness (QED) is 0.448. The summed E-state index contributed by atoms with van der Waals surface area (Å²) in [6.07, 6.45) is 3.43. The lowest BCUT2D eigenvalue weighted by molar-refractivity contribution is -0.119. The SMILES string of the molecule is COC(=O)c1cc(NC(=O)COC(=O)c2c(NC(C)=O)sc3c2CCCC3)cc(C(=O)OC)c1. The molecule has 0 saturated carbocycles. The number of rotatable bonds is 7. The fourth-order valence-electron chi connectivity index (χ4n) is 3.60. The Morgan fingerprint density at radius 2 is 1.50 bits per heavy atom. The van der Waals surface area contributed by atoms with Gasteiger partial charge in [0, 0.05) is 17.5 Å². The van der Waals surface area contributed by atoms with Crippen LogP contribution < -0.4 is 10.6 Å². The Morgan fingerprint density at radius 1 is 0.882 bits per heavy atom. The summed E-state index contributed by atoms with van der Waals surface area (Å²) in [6.45, 7) is 0.741. The molecular weight excluding hydrogens is 464 g/mol. The molecule has 0 radical (unpaired) electrons.